The Balaban J connectivity index is 3.12. The number of allylic oxidation sites excluding steroid dienone is 1. The first-order chi connectivity index (χ1) is 6.16. The molecule has 0 aliphatic rings. The molecule has 0 aromatic rings. The van der Waals surface area contributed by atoms with Gasteiger partial charge in [0.05, 0.1) is 0 Å². The summed E-state index contributed by atoms with van der Waals surface area (Å²) in [6.45, 7) is 3.37. The maximum Gasteiger partial charge on any atom is 0.303 e. The SMILES string of the molecule is C=CC(=O)CCCCCCC(=O)O. The molecule has 0 atom stereocenters. The molecule has 0 aromatic heterocycles. The van der Waals surface area contributed by atoms with Crippen molar-refractivity contribution >= 4 is 11.8 Å². The number of aliphatic carboxylic acids is 1. The van der Waals surface area contributed by atoms with Crippen molar-refractivity contribution in [3.05, 3.63) is 12.7 Å². The Morgan fingerprint density at radius 2 is 1.62 bits per heavy atom. The zero-order chi connectivity index (χ0) is 10.1. The van der Waals surface area contributed by atoms with Gasteiger partial charge < -0.3 is 5.11 Å². The number of carbonyl (C=O) groups is 2. The molecule has 0 amide bonds. The van der Waals surface area contributed by atoms with Crippen LogP contribution in [0, 0.1) is 0 Å². The summed E-state index contributed by atoms with van der Waals surface area (Å²) in [7, 11) is 0. The fraction of sp³-hybridized carbons (Fsp3) is 0.600. The van der Waals surface area contributed by atoms with E-state index < -0.39 is 5.97 Å². The number of carbonyl (C=O) groups excluding carboxylic acids is 1. The predicted octanol–water partition coefficient (Wildman–Crippen LogP) is 2.17. The van der Waals surface area contributed by atoms with Crippen LogP contribution in [-0.2, 0) is 9.59 Å². The number of unbranched alkanes of at least 4 members (excludes halogenated alkanes) is 3. The van der Waals surface area contributed by atoms with E-state index in [0.717, 1.165) is 19.3 Å². The molecule has 74 valence electrons. The van der Waals surface area contributed by atoms with E-state index in [4.69, 9.17) is 5.11 Å². The summed E-state index contributed by atoms with van der Waals surface area (Å²) in [5, 5.41) is 8.33. The molecule has 0 saturated carbocycles. The Morgan fingerprint density at radius 3 is 2.08 bits per heavy atom. The van der Waals surface area contributed by atoms with E-state index in [9.17, 15) is 9.59 Å². The maximum absolute atomic E-state index is 10.7. The quantitative estimate of drug-likeness (QED) is 0.464. The van der Waals surface area contributed by atoms with Crippen LogP contribution in [-0.4, -0.2) is 16.9 Å². The summed E-state index contributed by atoms with van der Waals surface area (Å²) in [5.74, 6) is -0.680. The summed E-state index contributed by atoms with van der Waals surface area (Å²) < 4.78 is 0. The Kier molecular flexibility index (Phi) is 6.88. The molecule has 0 aromatic carbocycles. The Morgan fingerprint density at radius 1 is 1.08 bits per heavy atom. The predicted molar refractivity (Wildman–Crippen MR) is 50.5 cm³/mol. The lowest BCUT2D eigenvalue weighted by Crippen LogP contribution is -1.94. The highest BCUT2D eigenvalue weighted by molar-refractivity contribution is 5.88. The molecule has 0 bridgehead atoms. The topological polar surface area (TPSA) is 54.4 Å². The van der Waals surface area contributed by atoms with E-state index in [1.165, 1.54) is 6.08 Å². The molecule has 0 heterocycles. The average molecular weight is 184 g/mol. The lowest BCUT2D eigenvalue weighted by molar-refractivity contribution is -0.137. The van der Waals surface area contributed by atoms with E-state index in [0.29, 0.717) is 12.8 Å². The normalized spacial score (nSPS) is 9.54. The van der Waals surface area contributed by atoms with Crippen LogP contribution >= 0.6 is 0 Å². The molecule has 13 heavy (non-hydrogen) atoms. The first-order valence-electron chi connectivity index (χ1n) is 4.54. The molecular weight excluding hydrogens is 168 g/mol. The third-order valence-electron chi connectivity index (χ3n) is 1.79. The monoisotopic (exact) mass is 184 g/mol. The van der Waals surface area contributed by atoms with Crippen molar-refractivity contribution in [1.82, 2.24) is 0 Å². The Labute approximate surface area is 78.5 Å². The van der Waals surface area contributed by atoms with Gasteiger partial charge in [-0.2, -0.15) is 0 Å². The van der Waals surface area contributed by atoms with Crippen molar-refractivity contribution in [3.8, 4) is 0 Å². The van der Waals surface area contributed by atoms with Gasteiger partial charge in [0.1, 0.15) is 0 Å². The molecule has 0 spiro atoms. The molecule has 3 nitrogen and oxygen atoms in total. The first kappa shape index (κ1) is 11.9. The molecule has 0 unspecified atom stereocenters. The number of rotatable bonds is 8. The number of carboxylic acids is 1. The van der Waals surface area contributed by atoms with Crippen LogP contribution < -0.4 is 0 Å². The van der Waals surface area contributed by atoms with Crippen molar-refractivity contribution in [2.24, 2.45) is 0 Å². The van der Waals surface area contributed by atoms with Crippen LogP contribution in [0.4, 0.5) is 0 Å². The fourth-order valence-electron chi connectivity index (χ4n) is 1.03. The average Bonchev–Trinajstić information content (AvgIpc) is 2.10. The number of hydrogen-bond donors (Lipinski definition) is 1. The third kappa shape index (κ3) is 8.79. The zero-order valence-electron chi connectivity index (χ0n) is 7.79. The van der Waals surface area contributed by atoms with Gasteiger partial charge in [-0.05, 0) is 18.9 Å². The number of ketones is 1. The van der Waals surface area contributed by atoms with Crippen LogP contribution in [0.1, 0.15) is 38.5 Å². The molecule has 0 radical (unpaired) electrons. The van der Waals surface area contributed by atoms with Crippen molar-refractivity contribution in [1.29, 1.82) is 0 Å². The standard InChI is InChI=1S/C10H16O3/c1-2-9(11)7-5-3-4-6-8-10(12)13/h2H,1,3-8H2,(H,12,13). The molecule has 0 aliphatic carbocycles. The second-order valence-corrected chi connectivity index (χ2v) is 2.98. The first-order valence-corrected chi connectivity index (χ1v) is 4.54. The van der Waals surface area contributed by atoms with E-state index in [2.05, 4.69) is 6.58 Å². The Hall–Kier alpha value is -1.12. The maximum atomic E-state index is 10.7. The van der Waals surface area contributed by atoms with E-state index >= 15 is 0 Å². The minimum absolute atomic E-state index is 0.0678. The third-order valence-corrected chi connectivity index (χ3v) is 1.79. The van der Waals surface area contributed by atoms with Crippen molar-refractivity contribution in [2.75, 3.05) is 0 Å². The summed E-state index contributed by atoms with van der Waals surface area (Å²) in [6, 6.07) is 0. The molecule has 1 N–H and O–H groups in total. The highest BCUT2D eigenvalue weighted by Gasteiger charge is 1.98. The summed E-state index contributed by atoms with van der Waals surface area (Å²) in [6.07, 6.45) is 5.45. The molecule has 0 saturated heterocycles. The van der Waals surface area contributed by atoms with Gasteiger partial charge in [-0.15, -0.1) is 0 Å². The van der Waals surface area contributed by atoms with Crippen LogP contribution in [0.3, 0.4) is 0 Å². The van der Waals surface area contributed by atoms with Gasteiger partial charge >= 0.3 is 5.97 Å². The molecule has 0 aliphatic heterocycles. The lowest BCUT2D eigenvalue weighted by Gasteiger charge is -1.97. The number of hydrogen-bond acceptors (Lipinski definition) is 2. The summed E-state index contributed by atoms with van der Waals surface area (Å²) >= 11 is 0. The van der Waals surface area contributed by atoms with Crippen LogP contribution in [0.15, 0.2) is 12.7 Å². The van der Waals surface area contributed by atoms with E-state index in [1.807, 2.05) is 0 Å². The van der Waals surface area contributed by atoms with Crippen molar-refractivity contribution in [2.45, 2.75) is 38.5 Å². The van der Waals surface area contributed by atoms with Gasteiger partial charge in [-0.1, -0.05) is 19.4 Å². The summed E-state index contributed by atoms with van der Waals surface area (Å²) in [5.41, 5.74) is 0. The van der Waals surface area contributed by atoms with Crippen molar-refractivity contribution in [3.63, 3.8) is 0 Å². The highest BCUT2D eigenvalue weighted by Crippen LogP contribution is 2.05. The van der Waals surface area contributed by atoms with Gasteiger partial charge in [0, 0.05) is 12.8 Å². The van der Waals surface area contributed by atoms with Gasteiger partial charge in [-0.3, -0.25) is 9.59 Å². The minimum atomic E-state index is -0.748. The smallest absolute Gasteiger partial charge is 0.303 e. The van der Waals surface area contributed by atoms with Crippen molar-refractivity contribution < 1.29 is 14.7 Å². The lowest BCUT2D eigenvalue weighted by atomic mass is 10.1. The second kappa shape index (κ2) is 7.53. The van der Waals surface area contributed by atoms with Crippen LogP contribution in [0.2, 0.25) is 0 Å². The molecular formula is C10H16O3. The molecule has 3 heteroatoms. The van der Waals surface area contributed by atoms with Gasteiger partial charge in [0.25, 0.3) is 0 Å². The summed E-state index contributed by atoms with van der Waals surface area (Å²) in [4.78, 5) is 20.9. The van der Waals surface area contributed by atoms with Crippen LogP contribution in [0.5, 0.6) is 0 Å². The Bertz CT molecular complexity index is 185. The van der Waals surface area contributed by atoms with E-state index in [1.54, 1.807) is 0 Å². The van der Waals surface area contributed by atoms with Gasteiger partial charge in [0.15, 0.2) is 5.78 Å². The molecule has 0 fully saturated rings. The highest BCUT2D eigenvalue weighted by atomic mass is 16.4. The zero-order valence-corrected chi connectivity index (χ0v) is 7.79. The van der Waals surface area contributed by atoms with Gasteiger partial charge in [0.2, 0.25) is 0 Å². The van der Waals surface area contributed by atoms with Gasteiger partial charge in [-0.25, -0.2) is 0 Å². The minimum Gasteiger partial charge on any atom is -0.481 e. The largest absolute Gasteiger partial charge is 0.481 e. The molecule has 0 rings (SSSR count). The second-order valence-electron chi connectivity index (χ2n) is 2.98. The number of carboxylic acid groups (broad SMARTS) is 1. The fourth-order valence-corrected chi connectivity index (χ4v) is 1.03. The van der Waals surface area contributed by atoms with E-state index in [-0.39, 0.29) is 12.2 Å². The van der Waals surface area contributed by atoms with Crippen LogP contribution in [0.25, 0.3) is 0 Å².